The molecule has 4 rings (SSSR count). The number of benzene rings is 1. The van der Waals surface area contributed by atoms with E-state index >= 15 is 0 Å². The number of imide groups is 1. The molecule has 2 aliphatic carbocycles. The van der Waals surface area contributed by atoms with Gasteiger partial charge < -0.3 is 5.32 Å². The molecular weight excluding hydrogens is 304 g/mol. The summed E-state index contributed by atoms with van der Waals surface area (Å²) in [6.07, 6.45) is 7.67. The van der Waals surface area contributed by atoms with Crippen molar-refractivity contribution in [1.82, 2.24) is 10.2 Å². The van der Waals surface area contributed by atoms with Gasteiger partial charge in [0.1, 0.15) is 5.54 Å². The zero-order valence-corrected chi connectivity index (χ0v) is 13.8. The van der Waals surface area contributed by atoms with E-state index in [-0.39, 0.29) is 18.2 Å². The van der Waals surface area contributed by atoms with Crippen molar-refractivity contribution in [2.24, 2.45) is 0 Å². The molecule has 0 radical (unpaired) electrons. The lowest BCUT2D eigenvalue weighted by atomic mass is 9.89. The number of urea groups is 1. The molecule has 1 heterocycles. The number of nitrogens with zero attached hydrogens (tertiary/aromatic N) is 1. The molecule has 126 valence electrons. The first-order valence-electron chi connectivity index (χ1n) is 8.88. The fourth-order valence-electron chi connectivity index (χ4n) is 4.28. The predicted molar refractivity (Wildman–Crippen MR) is 88.9 cm³/mol. The van der Waals surface area contributed by atoms with E-state index in [9.17, 15) is 14.4 Å². The lowest BCUT2D eigenvalue weighted by molar-refractivity contribution is -0.130. The van der Waals surface area contributed by atoms with E-state index in [4.69, 9.17) is 0 Å². The Labute approximate surface area is 141 Å². The van der Waals surface area contributed by atoms with Crippen molar-refractivity contribution >= 4 is 17.7 Å². The monoisotopic (exact) mass is 326 g/mol. The molecule has 0 bridgehead atoms. The van der Waals surface area contributed by atoms with Crippen LogP contribution >= 0.6 is 0 Å². The summed E-state index contributed by atoms with van der Waals surface area (Å²) in [5, 5.41) is 2.82. The van der Waals surface area contributed by atoms with E-state index in [1.54, 1.807) is 0 Å². The molecule has 1 spiro atoms. The minimum atomic E-state index is -0.743. The molecule has 1 N–H and O–H groups in total. The minimum absolute atomic E-state index is 0.162. The summed E-state index contributed by atoms with van der Waals surface area (Å²) in [6, 6.07) is 5.37. The zero-order chi connectivity index (χ0) is 16.7. The fourth-order valence-corrected chi connectivity index (χ4v) is 4.28. The molecule has 1 saturated heterocycles. The molecule has 24 heavy (non-hydrogen) atoms. The molecular formula is C19H22N2O3. The van der Waals surface area contributed by atoms with Gasteiger partial charge in [0.25, 0.3) is 5.91 Å². The van der Waals surface area contributed by atoms with E-state index in [2.05, 4.69) is 5.32 Å². The summed E-state index contributed by atoms with van der Waals surface area (Å²) in [6.45, 7) is -0.162. The highest BCUT2D eigenvalue weighted by molar-refractivity contribution is 6.11. The Morgan fingerprint density at radius 2 is 1.75 bits per heavy atom. The van der Waals surface area contributed by atoms with Crippen LogP contribution < -0.4 is 5.32 Å². The van der Waals surface area contributed by atoms with Crippen molar-refractivity contribution in [3.05, 3.63) is 34.9 Å². The van der Waals surface area contributed by atoms with Gasteiger partial charge in [-0.15, -0.1) is 0 Å². The van der Waals surface area contributed by atoms with Crippen LogP contribution in [0.3, 0.4) is 0 Å². The third-order valence-electron chi connectivity index (χ3n) is 5.68. The van der Waals surface area contributed by atoms with Crippen molar-refractivity contribution in [3.63, 3.8) is 0 Å². The molecule has 1 aromatic rings. The molecule has 5 nitrogen and oxygen atoms in total. The average Bonchev–Trinajstić information content (AvgIpc) is 3.15. The number of nitrogens with one attached hydrogen (secondary N) is 1. The van der Waals surface area contributed by atoms with Crippen molar-refractivity contribution < 1.29 is 14.4 Å². The van der Waals surface area contributed by atoms with E-state index in [0.29, 0.717) is 18.4 Å². The van der Waals surface area contributed by atoms with Gasteiger partial charge in [0.05, 0.1) is 6.54 Å². The lowest BCUT2D eigenvalue weighted by Crippen LogP contribution is -2.44. The Morgan fingerprint density at radius 3 is 2.50 bits per heavy atom. The molecule has 1 saturated carbocycles. The molecule has 1 aliphatic heterocycles. The minimum Gasteiger partial charge on any atom is -0.323 e. The van der Waals surface area contributed by atoms with Crippen LogP contribution in [0.5, 0.6) is 0 Å². The Hall–Kier alpha value is -2.17. The van der Waals surface area contributed by atoms with Crippen molar-refractivity contribution in [2.75, 3.05) is 6.54 Å². The van der Waals surface area contributed by atoms with E-state index in [1.807, 2.05) is 18.2 Å². The smallest absolute Gasteiger partial charge is 0.323 e. The number of hydrogen-bond donors (Lipinski definition) is 1. The summed E-state index contributed by atoms with van der Waals surface area (Å²) in [7, 11) is 0. The second-order valence-corrected chi connectivity index (χ2v) is 7.22. The molecule has 0 aromatic heterocycles. The largest absolute Gasteiger partial charge is 0.325 e. The predicted octanol–water partition coefficient (Wildman–Crippen LogP) is 2.61. The quantitative estimate of drug-likeness (QED) is 0.686. The van der Waals surface area contributed by atoms with Crippen LogP contribution in [0, 0.1) is 0 Å². The highest BCUT2D eigenvalue weighted by Crippen LogP contribution is 2.35. The summed E-state index contributed by atoms with van der Waals surface area (Å²) < 4.78 is 0. The van der Waals surface area contributed by atoms with Gasteiger partial charge in [-0.2, -0.15) is 0 Å². The van der Waals surface area contributed by atoms with Gasteiger partial charge in [0.15, 0.2) is 5.78 Å². The number of carbonyl (C=O) groups excluding carboxylic acids is 3. The Bertz CT molecular complexity index is 719. The number of ketones is 1. The van der Waals surface area contributed by atoms with E-state index in [0.717, 1.165) is 37.0 Å². The molecule has 1 aromatic carbocycles. The highest BCUT2D eigenvalue weighted by atomic mass is 16.2. The Balaban J connectivity index is 1.52. The maximum Gasteiger partial charge on any atom is 0.325 e. The van der Waals surface area contributed by atoms with Crippen LogP contribution in [0.1, 0.15) is 60.0 Å². The topological polar surface area (TPSA) is 66.5 Å². The highest BCUT2D eigenvalue weighted by Gasteiger charge is 2.52. The van der Waals surface area contributed by atoms with Gasteiger partial charge in [-0.3, -0.25) is 14.5 Å². The lowest BCUT2D eigenvalue weighted by Gasteiger charge is -2.20. The molecule has 5 heteroatoms. The van der Waals surface area contributed by atoms with Crippen LogP contribution in [-0.4, -0.2) is 34.7 Å². The first-order chi connectivity index (χ1) is 11.6. The Kier molecular flexibility index (Phi) is 3.66. The number of carbonyl (C=O) groups is 3. The van der Waals surface area contributed by atoms with Crippen molar-refractivity contribution in [1.29, 1.82) is 0 Å². The van der Waals surface area contributed by atoms with Crippen LogP contribution in [0.4, 0.5) is 4.79 Å². The number of fused-ring (bicyclic) bond motifs is 1. The van der Waals surface area contributed by atoms with Crippen molar-refractivity contribution in [2.45, 2.75) is 56.9 Å². The maximum absolute atomic E-state index is 12.6. The summed E-state index contributed by atoms with van der Waals surface area (Å²) in [5.41, 5.74) is 2.41. The third-order valence-corrected chi connectivity index (χ3v) is 5.68. The van der Waals surface area contributed by atoms with E-state index in [1.165, 1.54) is 17.5 Å². The molecule has 0 atom stereocenters. The maximum atomic E-state index is 12.6. The Morgan fingerprint density at radius 1 is 1.04 bits per heavy atom. The fraction of sp³-hybridized carbons (Fsp3) is 0.526. The molecule has 3 aliphatic rings. The standard InChI is InChI=1S/C19H22N2O3/c22-16(15-8-7-13-5-1-2-6-14(13)11-15)12-21-17(23)19(20-18(21)24)9-3-4-10-19/h7-8,11H,1-6,9-10,12H2,(H,20,24). The second kappa shape index (κ2) is 5.72. The number of aryl methyl sites for hydroxylation is 2. The molecule has 3 amide bonds. The van der Waals surface area contributed by atoms with Crippen LogP contribution in [0.15, 0.2) is 18.2 Å². The van der Waals surface area contributed by atoms with Gasteiger partial charge in [0, 0.05) is 5.56 Å². The third kappa shape index (κ3) is 2.43. The number of Topliss-reactive ketones (excluding diaryl/α,β-unsaturated/α-hetero) is 1. The van der Waals surface area contributed by atoms with Crippen LogP contribution in [-0.2, 0) is 17.6 Å². The van der Waals surface area contributed by atoms with Gasteiger partial charge in [-0.05, 0) is 55.7 Å². The summed E-state index contributed by atoms with van der Waals surface area (Å²) >= 11 is 0. The van der Waals surface area contributed by atoms with Gasteiger partial charge in [-0.25, -0.2) is 4.79 Å². The molecule has 0 unspecified atom stereocenters. The van der Waals surface area contributed by atoms with Crippen molar-refractivity contribution in [3.8, 4) is 0 Å². The number of amides is 3. The van der Waals surface area contributed by atoms with Crippen LogP contribution in [0.25, 0.3) is 0 Å². The van der Waals surface area contributed by atoms with Gasteiger partial charge in [0.2, 0.25) is 0 Å². The average molecular weight is 326 g/mol. The van der Waals surface area contributed by atoms with Gasteiger partial charge in [-0.1, -0.05) is 25.0 Å². The van der Waals surface area contributed by atoms with Gasteiger partial charge >= 0.3 is 6.03 Å². The number of rotatable bonds is 3. The first-order valence-corrected chi connectivity index (χ1v) is 8.88. The number of hydrogen-bond acceptors (Lipinski definition) is 3. The zero-order valence-electron chi connectivity index (χ0n) is 13.8. The normalized spacial score (nSPS) is 21.9. The second-order valence-electron chi connectivity index (χ2n) is 7.22. The van der Waals surface area contributed by atoms with Crippen LogP contribution in [0.2, 0.25) is 0 Å². The summed E-state index contributed by atoms with van der Waals surface area (Å²) in [4.78, 5) is 38.5. The SMILES string of the molecule is O=C(CN1C(=O)NC2(CCCC2)C1=O)c1ccc2c(c1)CCCC2. The molecule has 2 fully saturated rings. The van der Waals surface area contributed by atoms with E-state index < -0.39 is 11.6 Å². The first kappa shape index (κ1) is 15.4. The summed E-state index contributed by atoms with van der Waals surface area (Å²) in [5.74, 6) is -0.391.